The quantitative estimate of drug-likeness (QED) is 0.645. The fourth-order valence-corrected chi connectivity index (χ4v) is 2.75. The van der Waals surface area contributed by atoms with Gasteiger partial charge in [-0.25, -0.2) is 4.68 Å². The van der Waals surface area contributed by atoms with E-state index < -0.39 is 0 Å². The Morgan fingerprint density at radius 2 is 1.79 bits per heavy atom. The van der Waals surface area contributed by atoms with E-state index in [1.807, 2.05) is 39.0 Å². The zero-order valence-electron chi connectivity index (χ0n) is 16.1. The second-order valence-electron chi connectivity index (χ2n) is 6.07. The minimum atomic E-state index is -0.193. The van der Waals surface area contributed by atoms with E-state index in [4.69, 9.17) is 9.47 Å². The van der Waals surface area contributed by atoms with Gasteiger partial charge in [-0.15, -0.1) is 5.10 Å². The third kappa shape index (κ3) is 4.46. The van der Waals surface area contributed by atoms with Crippen LogP contribution in [0.2, 0.25) is 0 Å². The lowest BCUT2D eigenvalue weighted by Crippen LogP contribution is -2.26. The standard InChI is InChI=1S/C20H23N5O3/c1-4-27-18-11-8-16(12-19(18)28-5-2)14(3)22-20(26)15-6-9-17(10-7-15)25-13-21-23-24-25/h6-14H,4-5H2,1-3H3,(H,22,26)/t14-/m0/s1. The van der Waals surface area contributed by atoms with Gasteiger partial charge in [-0.3, -0.25) is 4.79 Å². The Kier molecular flexibility index (Phi) is 6.21. The molecule has 28 heavy (non-hydrogen) atoms. The second kappa shape index (κ2) is 8.98. The third-order valence-electron chi connectivity index (χ3n) is 4.16. The Labute approximate surface area is 163 Å². The summed E-state index contributed by atoms with van der Waals surface area (Å²) in [5.41, 5.74) is 2.27. The topological polar surface area (TPSA) is 91.2 Å². The minimum absolute atomic E-state index is 0.164. The molecule has 3 rings (SSSR count). The van der Waals surface area contributed by atoms with Crippen LogP contribution in [0.5, 0.6) is 11.5 Å². The number of hydrogen-bond acceptors (Lipinski definition) is 6. The number of ether oxygens (including phenoxy) is 2. The van der Waals surface area contributed by atoms with Gasteiger partial charge in [0.1, 0.15) is 6.33 Å². The maximum atomic E-state index is 12.6. The normalized spacial score (nSPS) is 11.7. The molecule has 2 aromatic carbocycles. The van der Waals surface area contributed by atoms with Crippen molar-refractivity contribution < 1.29 is 14.3 Å². The molecule has 0 unspecified atom stereocenters. The first-order valence-electron chi connectivity index (χ1n) is 9.16. The summed E-state index contributed by atoms with van der Waals surface area (Å²) >= 11 is 0. The first-order chi connectivity index (χ1) is 13.6. The summed E-state index contributed by atoms with van der Waals surface area (Å²) < 4.78 is 12.8. The Morgan fingerprint density at radius 1 is 1.07 bits per heavy atom. The van der Waals surface area contributed by atoms with Crippen LogP contribution in [0, 0.1) is 0 Å². The molecule has 0 aliphatic carbocycles. The van der Waals surface area contributed by atoms with Crippen LogP contribution in [0.3, 0.4) is 0 Å². The van der Waals surface area contributed by atoms with Crippen LogP contribution in [0.25, 0.3) is 5.69 Å². The lowest BCUT2D eigenvalue weighted by Gasteiger charge is -2.17. The molecule has 0 bridgehead atoms. The lowest BCUT2D eigenvalue weighted by atomic mass is 10.1. The molecule has 0 radical (unpaired) electrons. The molecule has 1 aromatic heterocycles. The molecular weight excluding hydrogens is 358 g/mol. The number of amides is 1. The van der Waals surface area contributed by atoms with Gasteiger partial charge in [-0.05, 0) is 73.2 Å². The van der Waals surface area contributed by atoms with Gasteiger partial charge in [0.2, 0.25) is 0 Å². The average molecular weight is 381 g/mol. The monoisotopic (exact) mass is 381 g/mol. The smallest absolute Gasteiger partial charge is 0.251 e. The van der Waals surface area contributed by atoms with Crippen LogP contribution in [-0.2, 0) is 0 Å². The van der Waals surface area contributed by atoms with Crippen LogP contribution in [0.1, 0.15) is 42.7 Å². The molecule has 0 saturated heterocycles. The van der Waals surface area contributed by atoms with E-state index in [1.165, 1.54) is 11.0 Å². The van der Waals surface area contributed by atoms with E-state index >= 15 is 0 Å². The number of rotatable bonds is 8. The summed E-state index contributed by atoms with van der Waals surface area (Å²) in [6.45, 7) is 6.88. The zero-order chi connectivity index (χ0) is 19.9. The van der Waals surface area contributed by atoms with Gasteiger partial charge in [0, 0.05) is 5.56 Å². The SMILES string of the molecule is CCOc1ccc([C@H](C)NC(=O)c2ccc(-n3cnnn3)cc2)cc1OCC. The van der Waals surface area contributed by atoms with E-state index in [-0.39, 0.29) is 11.9 Å². The van der Waals surface area contributed by atoms with Crippen LogP contribution in [0.15, 0.2) is 48.8 Å². The molecule has 1 atom stereocenters. The van der Waals surface area contributed by atoms with E-state index in [0.29, 0.717) is 30.3 Å². The maximum absolute atomic E-state index is 12.6. The number of carbonyl (C=O) groups excluding carboxylic acids is 1. The van der Waals surface area contributed by atoms with Gasteiger partial charge in [0.15, 0.2) is 11.5 Å². The molecule has 3 aromatic rings. The molecule has 1 heterocycles. The van der Waals surface area contributed by atoms with Crippen molar-refractivity contribution in [1.82, 2.24) is 25.5 Å². The highest BCUT2D eigenvalue weighted by Gasteiger charge is 2.14. The van der Waals surface area contributed by atoms with Crippen molar-refractivity contribution in [2.75, 3.05) is 13.2 Å². The van der Waals surface area contributed by atoms with Crippen molar-refractivity contribution in [3.63, 3.8) is 0 Å². The lowest BCUT2D eigenvalue weighted by molar-refractivity contribution is 0.0940. The van der Waals surface area contributed by atoms with Crippen molar-refractivity contribution in [2.45, 2.75) is 26.8 Å². The van der Waals surface area contributed by atoms with E-state index in [0.717, 1.165) is 11.3 Å². The van der Waals surface area contributed by atoms with Crippen LogP contribution < -0.4 is 14.8 Å². The highest BCUT2D eigenvalue weighted by Crippen LogP contribution is 2.30. The van der Waals surface area contributed by atoms with Crippen LogP contribution in [-0.4, -0.2) is 39.3 Å². The zero-order valence-corrected chi connectivity index (χ0v) is 16.1. The number of aromatic nitrogens is 4. The van der Waals surface area contributed by atoms with E-state index in [1.54, 1.807) is 24.3 Å². The molecule has 0 aliphatic heterocycles. The van der Waals surface area contributed by atoms with Gasteiger partial charge in [0.05, 0.1) is 24.9 Å². The minimum Gasteiger partial charge on any atom is -0.490 e. The predicted molar refractivity (Wildman–Crippen MR) is 104 cm³/mol. The van der Waals surface area contributed by atoms with Crippen molar-refractivity contribution in [3.05, 3.63) is 59.9 Å². The summed E-state index contributed by atoms with van der Waals surface area (Å²) in [4.78, 5) is 12.6. The first-order valence-corrected chi connectivity index (χ1v) is 9.16. The largest absolute Gasteiger partial charge is 0.490 e. The molecular formula is C20H23N5O3. The molecule has 146 valence electrons. The fraction of sp³-hybridized carbons (Fsp3) is 0.300. The molecule has 0 fully saturated rings. The molecule has 8 heteroatoms. The summed E-state index contributed by atoms with van der Waals surface area (Å²) in [5.74, 6) is 1.21. The maximum Gasteiger partial charge on any atom is 0.251 e. The molecule has 0 saturated carbocycles. The second-order valence-corrected chi connectivity index (χ2v) is 6.07. The highest BCUT2D eigenvalue weighted by atomic mass is 16.5. The Hall–Kier alpha value is -3.42. The predicted octanol–water partition coefficient (Wildman–Crippen LogP) is 2.95. The number of nitrogens with zero attached hydrogens (tertiary/aromatic N) is 4. The van der Waals surface area contributed by atoms with Gasteiger partial charge < -0.3 is 14.8 Å². The Bertz CT molecular complexity index is 910. The number of nitrogens with one attached hydrogen (secondary N) is 1. The highest BCUT2D eigenvalue weighted by molar-refractivity contribution is 5.94. The summed E-state index contributed by atoms with van der Waals surface area (Å²) in [5, 5.41) is 14.0. The number of hydrogen-bond donors (Lipinski definition) is 1. The van der Waals surface area contributed by atoms with Gasteiger partial charge in [-0.1, -0.05) is 6.07 Å². The van der Waals surface area contributed by atoms with Crippen molar-refractivity contribution >= 4 is 5.91 Å². The third-order valence-corrected chi connectivity index (χ3v) is 4.16. The fourth-order valence-electron chi connectivity index (χ4n) is 2.75. The number of benzene rings is 2. The number of tetrazole rings is 1. The molecule has 0 aliphatic rings. The number of carbonyl (C=O) groups is 1. The van der Waals surface area contributed by atoms with Crippen molar-refractivity contribution in [2.24, 2.45) is 0 Å². The first kappa shape index (κ1) is 19.3. The van der Waals surface area contributed by atoms with Crippen molar-refractivity contribution in [1.29, 1.82) is 0 Å². The molecule has 1 N–H and O–H groups in total. The van der Waals surface area contributed by atoms with Crippen molar-refractivity contribution in [3.8, 4) is 17.2 Å². The Morgan fingerprint density at radius 3 is 2.43 bits per heavy atom. The average Bonchev–Trinajstić information content (AvgIpc) is 3.24. The van der Waals surface area contributed by atoms with Crippen LogP contribution >= 0.6 is 0 Å². The molecule has 8 nitrogen and oxygen atoms in total. The Balaban J connectivity index is 1.70. The van der Waals surface area contributed by atoms with Gasteiger partial charge >= 0.3 is 0 Å². The summed E-state index contributed by atoms with van der Waals surface area (Å²) in [7, 11) is 0. The van der Waals surface area contributed by atoms with E-state index in [2.05, 4.69) is 20.8 Å². The van der Waals surface area contributed by atoms with E-state index in [9.17, 15) is 4.79 Å². The summed E-state index contributed by atoms with van der Waals surface area (Å²) in [6, 6.07) is 12.6. The molecule has 1 amide bonds. The van der Waals surface area contributed by atoms with Gasteiger partial charge in [-0.2, -0.15) is 0 Å². The van der Waals surface area contributed by atoms with Gasteiger partial charge in [0.25, 0.3) is 5.91 Å². The van der Waals surface area contributed by atoms with Crippen LogP contribution in [0.4, 0.5) is 0 Å². The molecule has 0 spiro atoms. The summed E-state index contributed by atoms with van der Waals surface area (Å²) in [6.07, 6.45) is 1.50.